The third kappa shape index (κ3) is 3.98. The number of piperidine rings is 1. The van der Waals surface area contributed by atoms with Gasteiger partial charge in [0.25, 0.3) is 0 Å². The molecular weight excluding hydrogens is 290 g/mol. The van der Waals surface area contributed by atoms with E-state index in [1.807, 2.05) is 18.7 Å². The summed E-state index contributed by atoms with van der Waals surface area (Å²) in [6.07, 6.45) is 2.08. The summed E-state index contributed by atoms with van der Waals surface area (Å²) in [6, 6.07) is 0.175. The molecule has 1 unspecified atom stereocenters. The van der Waals surface area contributed by atoms with Crippen molar-refractivity contribution in [2.75, 3.05) is 13.1 Å². The van der Waals surface area contributed by atoms with E-state index in [0.29, 0.717) is 12.8 Å². The Labute approximate surface area is 132 Å². The van der Waals surface area contributed by atoms with E-state index in [2.05, 4.69) is 19.0 Å². The average molecular weight is 316 g/mol. The van der Waals surface area contributed by atoms with E-state index >= 15 is 0 Å². The minimum absolute atomic E-state index is 0. The molecule has 1 aromatic rings. The van der Waals surface area contributed by atoms with E-state index in [-0.39, 0.29) is 29.8 Å². The fraction of sp³-hybridized carbons (Fsp3) is 0.733. The van der Waals surface area contributed by atoms with Gasteiger partial charge in [-0.05, 0) is 32.1 Å². The van der Waals surface area contributed by atoms with Crippen LogP contribution in [-0.4, -0.2) is 35.1 Å². The van der Waals surface area contributed by atoms with Gasteiger partial charge in [-0.25, -0.2) is 0 Å². The average Bonchev–Trinajstić information content (AvgIpc) is 2.69. The van der Waals surface area contributed by atoms with Crippen LogP contribution in [0.2, 0.25) is 0 Å². The molecule has 0 aromatic carbocycles. The van der Waals surface area contributed by atoms with Crippen molar-refractivity contribution in [1.82, 2.24) is 10.1 Å². The van der Waals surface area contributed by atoms with Crippen LogP contribution in [0.3, 0.4) is 0 Å². The Bertz CT molecular complexity index is 480. The summed E-state index contributed by atoms with van der Waals surface area (Å²) in [6.45, 7) is 9.58. The van der Waals surface area contributed by atoms with E-state index in [1.54, 1.807) is 0 Å². The Balaban J connectivity index is 0.00000220. The summed E-state index contributed by atoms with van der Waals surface area (Å²) in [7, 11) is 0. The molecule has 0 spiro atoms. The third-order valence-electron chi connectivity index (χ3n) is 4.43. The summed E-state index contributed by atoms with van der Waals surface area (Å²) in [4.78, 5) is 14.3. The molecule has 6 heteroatoms. The minimum atomic E-state index is -0.00304. The summed E-state index contributed by atoms with van der Waals surface area (Å²) in [5.74, 6) is 1.02. The minimum Gasteiger partial charge on any atom is -0.361 e. The van der Waals surface area contributed by atoms with Crippen molar-refractivity contribution < 1.29 is 9.32 Å². The predicted molar refractivity (Wildman–Crippen MR) is 84.5 cm³/mol. The number of carbonyl (C=O) groups is 1. The first kappa shape index (κ1) is 18.0. The normalized spacial score (nSPS) is 21.0. The van der Waals surface area contributed by atoms with E-state index in [9.17, 15) is 4.79 Å². The van der Waals surface area contributed by atoms with Crippen molar-refractivity contribution in [3.05, 3.63) is 17.0 Å². The second-order valence-corrected chi connectivity index (χ2v) is 6.50. The lowest BCUT2D eigenvalue weighted by molar-refractivity contribution is -0.134. The molecule has 2 N–H and O–H groups in total. The highest BCUT2D eigenvalue weighted by Crippen LogP contribution is 2.28. The lowest BCUT2D eigenvalue weighted by Gasteiger charge is -2.42. The van der Waals surface area contributed by atoms with Crippen molar-refractivity contribution in [1.29, 1.82) is 0 Å². The number of hydrogen-bond donors (Lipinski definition) is 1. The van der Waals surface area contributed by atoms with Gasteiger partial charge in [0.2, 0.25) is 5.91 Å². The molecule has 0 aliphatic carbocycles. The number of rotatable bonds is 3. The van der Waals surface area contributed by atoms with Gasteiger partial charge in [0.1, 0.15) is 5.76 Å². The highest BCUT2D eigenvalue weighted by Gasteiger charge is 2.35. The zero-order valence-electron chi connectivity index (χ0n) is 13.3. The van der Waals surface area contributed by atoms with Gasteiger partial charge in [-0.3, -0.25) is 4.79 Å². The van der Waals surface area contributed by atoms with E-state index in [1.165, 1.54) is 0 Å². The fourth-order valence-corrected chi connectivity index (χ4v) is 2.84. The van der Waals surface area contributed by atoms with Crippen LogP contribution in [0.1, 0.15) is 43.7 Å². The van der Waals surface area contributed by atoms with Gasteiger partial charge < -0.3 is 15.2 Å². The zero-order valence-corrected chi connectivity index (χ0v) is 14.1. The molecule has 120 valence electrons. The van der Waals surface area contributed by atoms with E-state index in [0.717, 1.165) is 36.5 Å². The van der Waals surface area contributed by atoms with Crippen molar-refractivity contribution in [2.45, 2.75) is 53.0 Å². The Kier molecular flexibility index (Phi) is 5.82. The number of aryl methyl sites for hydroxylation is 2. The zero-order chi connectivity index (χ0) is 14.9. The van der Waals surface area contributed by atoms with Gasteiger partial charge >= 0.3 is 0 Å². The number of hydrogen-bond acceptors (Lipinski definition) is 4. The fourth-order valence-electron chi connectivity index (χ4n) is 2.84. The number of nitrogens with zero attached hydrogens (tertiary/aromatic N) is 2. The smallest absolute Gasteiger partial charge is 0.222 e. The molecule has 1 aromatic heterocycles. The number of amides is 1. The molecule has 2 heterocycles. The Morgan fingerprint density at radius 1 is 1.48 bits per heavy atom. The van der Waals surface area contributed by atoms with Crippen LogP contribution >= 0.6 is 12.4 Å². The third-order valence-corrected chi connectivity index (χ3v) is 4.43. The van der Waals surface area contributed by atoms with Crippen LogP contribution in [0, 0.1) is 19.3 Å². The number of likely N-dealkylation sites (tertiary alicyclic amines) is 1. The summed E-state index contributed by atoms with van der Waals surface area (Å²) < 4.78 is 5.13. The van der Waals surface area contributed by atoms with Crippen LogP contribution in [0.15, 0.2) is 4.52 Å². The molecule has 2 rings (SSSR count). The summed E-state index contributed by atoms with van der Waals surface area (Å²) >= 11 is 0. The Morgan fingerprint density at radius 2 is 2.14 bits per heavy atom. The standard InChI is InChI=1S/C15H25N3O2.ClH/c1-10-12(11(2)20-17-10)5-6-14(19)18-8-7-13(16)15(3,4)9-18;/h13H,5-9,16H2,1-4H3;1H. The van der Waals surface area contributed by atoms with E-state index < -0.39 is 0 Å². The van der Waals surface area contributed by atoms with Crippen LogP contribution in [0.4, 0.5) is 0 Å². The van der Waals surface area contributed by atoms with Crippen LogP contribution in [0.5, 0.6) is 0 Å². The van der Waals surface area contributed by atoms with Crippen LogP contribution < -0.4 is 5.73 Å². The van der Waals surface area contributed by atoms with Gasteiger partial charge in [-0.2, -0.15) is 0 Å². The first-order chi connectivity index (χ1) is 9.31. The summed E-state index contributed by atoms with van der Waals surface area (Å²) in [5.41, 5.74) is 8.05. The number of nitrogens with two attached hydrogens (primary N) is 1. The number of carbonyl (C=O) groups excluding carboxylic acids is 1. The molecule has 0 bridgehead atoms. The molecule has 21 heavy (non-hydrogen) atoms. The molecule has 0 saturated carbocycles. The summed E-state index contributed by atoms with van der Waals surface area (Å²) in [5, 5.41) is 3.92. The van der Waals surface area contributed by atoms with Gasteiger partial charge in [-0.15, -0.1) is 12.4 Å². The van der Waals surface area contributed by atoms with Crippen molar-refractivity contribution >= 4 is 18.3 Å². The molecule has 1 amide bonds. The van der Waals surface area contributed by atoms with E-state index in [4.69, 9.17) is 10.3 Å². The SMILES string of the molecule is Cc1noc(C)c1CCC(=O)N1CCC(N)C(C)(C)C1.Cl. The first-order valence-corrected chi connectivity index (χ1v) is 7.26. The quantitative estimate of drug-likeness (QED) is 0.928. The molecule has 1 atom stereocenters. The highest BCUT2D eigenvalue weighted by atomic mass is 35.5. The van der Waals surface area contributed by atoms with Gasteiger partial charge in [0.05, 0.1) is 5.69 Å². The molecule has 1 fully saturated rings. The second-order valence-electron chi connectivity index (χ2n) is 6.50. The van der Waals surface area contributed by atoms with Crippen LogP contribution in [-0.2, 0) is 11.2 Å². The Morgan fingerprint density at radius 3 is 2.67 bits per heavy atom. The maximum atomic E-state index is 12.3. The van der Waals surface area contributed by atoms with Crippen LogP contribution in [0.25, 0.3) is 0 Å². The van der Waals surface area contributed by atoms with Gasteiger partial charge in [0, 0.05) is 31.1 Å². The largest absolute Gasteiger partial charge is 0.361 e. The number of halogens is 1. The first-order valence-electron chi connectivity index (χ1n) is 7.26. The maximum Gasteiger partial charge on any atom is 0.222 e. The molecule has 0 radical (unpaired) electrons. The topological polar surface area (TPSA) is 72.4 Å². The molecule has 5 nitrogen and oxygen atoms in total. The maximum absolute atomic E-state index is 12.3. The van der Waals surface area contributed by atoms with Crippen molar-refractivity contribution in [3.8, 4) is 0 Å². The molecule has 1 aliphatic rings. The number of aromatic nitrogens is 1. The molecular formula is C15H26ClN3O2. The van der Waals surface area contributed by atoms with Gasteiger partial charge in [0.15, 0.2) is 0 Å². The molecule has 1 saturated heterocycles. The Hall–Kier alpha value is -1.07. The lowest BCUT2D eigenvalue weighted by atomic mass is 9.79. The molecule has 1 aliphatic heterocycles. The monoisotopic (exact) mass is 315 g/mol. The lowest BCUT2D eigenvalue weighted by Crippen LogP contribution is -2.54. The predicted octanol–water partition coefficient (Wildman–Crippen LogP) is 2.23. The second kappa shape index (κ2) is 6.79. The van der Waals surface area contributed by atoms with Gasteiger partial charge in [-0.1, -0.05) is 19.0 Å². The van der Waals surface area contributed by atoms with Crippen molar-refractivity contribution in [2.24, 2.45) is 11.1 Å². The highest BCUT2D eigenvalue weighted by molar-refractivity contribution is 5.85. The van der Waals surface area contributed by atoms with Crippen molar-refractivity contribution in [3.63, 3.8) is 0 Å².